The Hall–Kier alpha value is -1.23. The second kappa shape index (κ2) is 6.49. The van der Waals surface area contributed by atoms with Crippen LogP contribution in [0.15, 0.2) is 18.2 Å². The molecule has 0 aromatic heterocycles. The van der Waals surface area contributed by atoms with Crippen molar-refractivity contribution in [3.63, 3.8) is 0 Å². The van der Waals surface area contributed by atoms with Crippen molar-refractivity contribution >= 4 is 21.8 Å². The van der Waals surface area contributed by atoms with E-state index in [1.807, 2.05) is 18.2 Å². The molecular weight excluding hydrogens is 286 g/mol. The molecule has 4 nitrogen and oxygen atoms in total. The van der Waals surface area contributed by atoms with Crippen LogP contribution in [0.25, 0.3) is 0 Å². The molecule has 1 rings (SSSR count). The van der Waals surface area contributed by atoms with E-state index in [4.69, 9.17) is 9.47 Å². The number of nitrogens with zero attached hydrogens (tertiary/aromatic N) is 1. The molecule has 1 amide bonds. The van der Waals surface area contributed by atoms with Gasteiger partial charge in [0, 0.05) is 25.2 Å². The maximum atomic E-state index is 11.5. The second-order valence-electron chi connectivity index (χ2n) is 3.56. The van der Waals surface area contributed by atoms with Crippen LogP contribution in [-0.2, 0) is 11.3 Å². The highest BCUT2D eigenvalue weighted by molar-refractivity contribution is 9.09. The maximum absolute atomic E-state index is 11.5. The quantitative estimate of drug-likeness (QED) is 0.782. The van der Waals surface area contributed by atoms with E-state index in [0.29, 0.717) is 11.9 Å². The van der Waals surface area contributed by atoms with Crippen LogP contribution in [0, 0.1) is 0 Å². The van der Waals surface area contributed by atoms with E-state index in [1.54, 1.807) is 26.2 Å². The Morgan fingerprint density at radius 3 is 2.59 bits per heavy atom. The summed E-state index contributed by atoms with van der Waals surface area (Å²) in [6.45, 7) is 0.512. The van der Waals surface area contributed by atoms with Crippen molar-refractivity contribution in [1.82, 2.24) is 4.90 Å². The molecule has 0 spiro atoms. The van der Waals surface area contributed by atoms with Gasteiger partial charge in [0.25, 0.3) is 0 Å². The monoisotopic (exact) mass is 301 g/mol. The summed E-state index contributed by atoms with van der Waals surface area (Å²) < 4.78 is 10.4. The molecule has 0 saturated heterocycles. The van der Waals surface area contributed by atoms with Crippen molar-refractivity contribution in [2.45, 2.75) is 6.54 Å². The van der Waals surface area contributed by atoms with Gasteiger partial charge in [0.15, 0.2) is 0 Å². The Kier molecular flexibility index (Phi) is 5.28. The van der Waals surface area contributed by atoms with E-state index in [-0.39, 0.29) is 5.91 Å². The van der Waals surface area contributed by atoms with Crippen molar-refractivity contribution < 1.29 is 14.3 Å². The minimum atomic E-state index is 0.0304. The average Bonchev–Trinajstić information content (AvgIpc) is 2.37. The van der Waals surface area contributed by atoms with Crippen LogP contribution < -0.4 is 9.47 Å². The number of carbonyl (C=O) groups is 1. The van der Waals surface area contributed by atoms with Crippen molar-refractivity contribution in [3.8, 4) is 11.5 Å². The first-order chi connectivity index (χ1) is 8.12. The van der Waals surface area contributed by atoms with E-state index in [2.05, 4.69) is 15.9 Å². The zero-order valence-corrected chi connectivity index (χ0v) is 11.8. The molecule has 5 heteroatoms. The van der Waals surface area contributed by atoms with Gasteiger partial charge in [0.2, 0.25) is 5.91 Å². The molecule has 0 N–H and O–H groups in total. The topological polar surface area (TPSA) is 38.8 Å². The number of halogens is 1. The molecular formula is C12H16BrNO3. The Bertz CT molecular complexity index is 395. The number of amides is 1. The molecule has 0 unspecified atom stereocenters. The molecule has 1 aromatic rings. The van der Waals surface area contributed by atoms with Crippen LogP contribution in [0.4, 0.5) is 0 Å². The van der Waals surface area contributed by atoms with Gasteiger partial charge < -0.3 is 14.4 Å². The van der Waals surface area contributed by atoms with Crippen LogP contribution in [0.3, 0.4) is 0 Å². The van der Waals surface area contributed by atoms with E-state index in [1.165, 1.54) is 0 Å². The lowest BCUT2D eigenvalue weighted by atomic mass is 10.2. The first kappa shape index (κ1) is 13.8. The molecule has 0 heterocycles. The fraction of sp³-hybridized carbons (Fsp3) is 0.417. The molecule has 0 aliphatic carbocycles. The summed E-state index contributed by atoms with van der Waals surface area (Å²) in [5.74, 6) is 1.49. The molecule has 0 saturated carbocycles. The highest BCUT2D eigenvalue weighted by atomic mass is 79.9. The Morgan fingerprint density at radius 2 is 2.06 bits per heavy atom. The van der Waals surface area contributed by atoms with Crippen molar-refractivity contribution in [3.05, 3.63) is 23.8 Å². The zero-order valence-electron chi connectivity index (χ0n) is 10.2. The third-order valence-corrected chi connectivity index (χ3v) is 2.92. The zero-order chi connectivity index (χ0) is 12.8. The van der Waals surface area contributed by atoms with Gasteiger partial charge in [-0.15, -0.1) is 0 Å². The smallest absolute Gasteiger partial charge is 0.233 e. The van der Waals surface area contributed by atoms with E-state index < -0.39 is 0 Å². The van der Waals surface area contributed by atoms with Crippen LogP contribution in [0.1, 0.15) is 5.56 Å². The Labute approximate surface area is 110 Å². The van der Waals surface area contributed by atoms with Crippen LogP contribution >= 0.6 is 15.9 Å². The summed E-state index contributed by atoms with van der Waals surface area (Å²) in [6.07, 6.45) is 0. The van der Waals surface area contributed by atoms with Crippen molar-refractivity contribution in [1.29, 1.82) is 0 Å². The number of methoxy groups -OCH3 is 2. The molecule has 0 bridgehead atoms. The SMILES string of the molecule is COc1ccc(CN(C)C(=O)CBr)c(OC)c1. The fourth-order valence-corrected chi connectivity index (χ4v) is 1.86. The number of hydrogen-bond donors (Lipinski definition) is 0. The van der Waals surface area contributed by atoms with Gasteiger partial charge in [-0.2, -0.15) is 0 Å². The predicted molar refractivity (Wildman–Crippen MR) is 69.8 cm³/mol. The van der Waals surface area contributed by atoms with Gasteiger partial charge in [-0.25, -0.2) is 0 Å². The number of hydrogen-bond acceptors (Lipinski definition) is 3. The maximum Gasteiger partial charge on any atom is 0.233 e. The van der Waals surface area contributed by atoms with E-state index in [9.17, 15) is 4.79 Å². The predicted octanol–water partition coefficient (Wildman–Crippen LogP) is 2.06. The highest BCUT2D eigenvalue weighted by Crippen LogP contribution is 2.25. The van der Waals surface area contributed by atoms with Crippen LogP contribution in [0.5, 0.6) is 11.5 Å². The summed E-state index contributed by atoms with van der Waals surface area (Å²) in [5, 5.41) is 0.321. The number of benzene rings is 1. The molecule has 94 valence electrons. The number of rotatable bonds is 5. The molecule has 1 aromatic carbocycles. The number of ether oxygens (including phenoxy) is 2. The van der Waals surface area contributed by atoms with Gasteiger partial charge >= 0.3 is 0 Å². The molecule has 0 atom stereocenters. The molecule has 17 heavy (non-hydrogen) atoms. The van der Waals surface area contributed by atoms with Crippen LogP contribution in [-0.4, -0.2) is 37.4 Å². The van der Waals surface area contributed by atoms with E-state index in [0.717, 1.165) is 17.1 Å². The lowest BCUT2D eigenvalue weighted by molar-refractivity contribution is -0.127. The summed E-state index contributed by atoms with van der Waals surface area (Å²) in [5.41, 5.74) is 0.949. The van der Waals surface area contributed by atoms with Crippen LogP contribution in [0.2, 0.25) is 0 Å². The second-order valence-corrected chi connectivity index (χ2v) is 4.12. The van der Waals surface area contributed by atoms with E-state index >= 15 is 0 Å². The number of carbonyl (C=O) groups excluding carboxylic acids is 1. The summed E-state index contributed by atoms with van der Waals surface area (Å²) in [7, 11) is 4.97. The van der Waals surface area contributed by atoms with Gasteiger partial charge in [0.1, 0.15) is 11.5 Å². The number of alkyl halides is 1. The summed E-state index contributed by atoms with van der Waals surface area (Å²) in [4.78, 5) is 13.1. The average molecular weight is 302 g/mol. The molecule has 0 aliphatic heterocycles. The lowest BCUT2D eigenvalue weighted by Crippen LogP contribution is -2.27. The van der Waals surface area contributed by atoms with Crippen molar-refractivity contribution in [2.24, 2.45) is 0 Å². The standard InChI is InChI=1S/C12H16BrNO3/c1-14(12(15)7-13)8-9-4-5-10(16-2)6-11(9)17-3/h4-6H,7-8H2,1-3H3. The van der Waals surface area contributed by atoms with Crippen molar-refractivity contribution in [2.75, 3.05) is 26.6 Å². The summed E-state index contributed by atoms with van der Waals surface area (Å²) in [6, 6.07) is 5.56. The largest absolute Gasteiger partial charge is 0.497 e. The molecule has 0 fully saturated rings. The first-order valence-electron chi connectivity index (χ1n) is 5.13. The summed E-state index contributed by atoms with van der Waals surface area (Å²) >= 11 is 3.14. The Balaban J connectivity index is 2.87. The lowest BCUT2D eigenvalue weighted by Gasteiger charge is -2.18. The molecule has 0 radical (unpaired) electrons. The van der Waals surface area contributed by atoms with Gasteiger partial charge in [-0.05, 0) is 12.1 Å². The minimum absolute atomic E-state index is 0.0304. The van der Waals surface area contributed by atoms with Gasteiger partial charge in [-0.1, -0.05) is 15.9 Å². The third kappa shape index (κ3) is 3.63. The normalized spacial score (nSPS) is 9.88. The highest BCUT2D eigenvalue weighted by Gasteiger charge is 2.11. The third-order valence-electron chi connectivity index (χ3n) is 2.44. The first-order valence-corrected chi connectivity index (χ1v) is 6.25. The van der Waals surface area contributed by atoms with Gasteiger partial charge in [0.05, 0.1) is 19.5 Å². The minimum Gasteiger partial charge on any atom is -0.497 e. The molecule has 0 aliphatic rings. The van der Waals surface area contributed by atoms with Gasteiger partial charge in [-0.3, -0.25) is 4.79 Å². The Morgan fingerprint density at radius 1 is 1.35 bits per heavy atom. The fourth-order valence-electron chi connectivity index (χ4n) is 1.43.